The molecule has 0 saturated heterocycles. The fourth-order valence-electron chi connectivity index (χ4n) is 1.12. The van der Waals surface area contributed by atoms with Crippen LogP contribution in [0.5, 0.6) is 0 Å². The molecule has 4 heteroatoms. The molecule has 0 fully saturated rings. The van der Waals surface area contributed by atoms with Crippen molar-refractivity contribution in [2.45, 2.75) is 12.3 Å². The van der Waals surface area contributed by atoms with Crippen LogP contribution in [0.3, 0.4) is 0 Å². The maximum Gasteiger partial charge on any atom is 0.247 e. The average Bonchev–Trinajstić information content (AvgIpc) is 2.67. The van der Waals surface area contributed by atoms with Gasteiger partial charge in [-0.1, -0.05) is 33.6 Å². The number of hydrogen-bond donors (Lipinski definition) is 0. The molecule has 14 heavy (non-hydrogen) atoms. The van der Waals surface area contributed by atoms with E-state index in [1.165, 1.54) is 5.56 Å². The van der Waals surface area contributed by atoms with E-state index in [2.05, 4.69) is 26.1 Å². The zero-order valence-electron chi connectivity index (χ0n) is 7.70. The molecule has 2 aromatic rings. The highest BCUT2D eigenvalue weighted by Gasteiger charge is 2.06. The summed E-state index contributed by atoms with van der Waals surface area (Å²) in [6.07, 6.45) is 0. The van der Waals surface area contributed by atoms with Crippen molar-refractivity contribution in [3.63, 3.8) is 0 Å². The van der Waals surface area contributed by atoms with Crippen molar-refractivity contribution in [3.8, 4) is 11.5 Å². The quantitative estimate of drug-likeness (QED) is 0.772. The molecule has 0 aliphatic carbocycles. The van der Waals surface area contributed by atoms with E-state index in [-0.39, 0.29) is 0 Å². The van der Waals surface area contributed by atoms with Crippen molar-refractivity contribution in [1.29, 1.82) is 0 Å². The molecule has 1 heterocycles. The monoisotopic (exact) mass is 252 g/mol. The first-order valence-corrected chi connectivity index (χ1v) is 5.37. The van der Waals surface area contributed by atoms with Crippen LogP contribution in [0.15, 0.2) is 28.7 Å². The summed E-state index contributed by atoms with van der Waals surface area (Å²) >= 11 is 3.26. The first-order chi connectivity index (χ1) is 6.79. The van der Waals surface area contributed by atoms with Crippen LogP contribution in [0.2, 0.25) is 0 Å². The molecule has 0 amide bonds. The lowest BCUT2D eigenvalue weighted by atomic mass is 10.1. The van der Waals surface area contributed by atoms with Crippen molar-refractivity contribution in [2.24, 2.45) is 0 Å². The Balaban J connectivity index is 2.34. The topological polar surface area (TPSA) is 38.9 Å². The Morgan fingerprint density at radius 3 is 2.50 bits per heavy atom. The van der Waals surface area contributed by atoms with E-state index in [1.54, 1.807) is 0 Å². The lowest BCUT2D eigenvalue weighted by Crippen LogP contribution is -1.78. The molecular weight excluding hydrogens is 244 g/mol. The average molecular weight is 253 g/mol. The summed E-state index contributed by atoms with van der Waals surface area (Å²) in [5.41, 5.74) is 2.17. The SMILES string of the molecule is Cc1ccc(-c2nnc(CBr)o2)cc1. The smallest absolute Gasteiger partial charge is 0.247 e. The standard InChI is InChI=1S/C10H9BrN2O/c1-7-2-4-8(5-3-7)10-13-12-9(6-11)14-10/h2-5H,6H2,1H3. The van der Waals surface area contributed by atoms with E-state index in [0.717, 1.165) is 5.56 Å². The summed E-state index contributed by atoms with van der Waals surface area (Å²) in [4.78, 5) is 0. The Labute approximate surface area is 90.3 Å². The second-order valence-electron chi connectivity index (χ2n) is 3.00. The number of aromatic nitrogens is 2. The van der Waals surface area contributed by atoms with Crippen LogP contribution >= 0.6 is 15.9 Å². The Morgan fingerprint density at radius 1 is 1.21 bits per heavy atom. The Bertz CT molecular complexity index is 422. The molecule has 0 bridgehead atoms. The maximum atomic E-state index is 5.39. The molecule has 1 aromatic carbocycles. The number of nitrogens with zero attached hydrogens (tertiary/aromatic N) is 2. The number of alkyl halides is 1. The van der Waals surface area contributed by atoms with Crippen LogP contribution in [0.25, 0.3) is 11.5 Å². The minimum atomic E-state index is 0.569. The van der Waals surface area contributed by atoms with Crippen LogP contribution in [-0.4, -0.2) is 10.2 Å². The zero-order valence-corrected chi connectivity index (χ0v) is 9.28. The molecule has 0 N–H and O–H groups in total. The Kier molecular flexibility index (Phi) is 2.63. The second kappa shape index (κ2) is 3.92. The van der Waals surface area contributed by atoms with E-state index < -0.39 is 0 Å². The number of hydrogen-bond acceptors (Lipinski definition) is 3. The number of halogens is 1. The summed E-state index contributed by atoms with van der Waals surface area (Å²) in [6.45, 7) is 2.04. The van der Waals surface area contributed by atoms with Gasteiger partial charge in [0.2, 0.25) is 11.8 Å². The molecule has 3 nitrogen and oxygen atoms in total. The predicted octanol–water partition coefficient (Wildman–Crippen LogP) is 2.94. The first-order valence-electron chi connectivity index (χ1n) is 4.25. The largest absolute Gasteiger partial charge is 0.420 e. The second-order valence-corrected chi connectivity index (χ2v) is 3.56. The molecule has 2 rings (SSSR count). The van der Waals surface area contributed by atoms with Gasteiger partial charge < -0.3 is 4.42 Å². The summed E-state index contributed by atoms with van der Waals surface area (Å²) in [5, 5.41) is 8.40. The molecule has 1 aromatic heterocycles. The van der Waals surface area contributed by atoms with Crippen molar-refractivity contribution in [1.82, 2.24) is 10.2 Å². The third kappa shape index (κ3) is 1.85. The number of rotatable bonds is 2. The van der Waals surface area contributed by atoms with Gasteiger partial charge in [0.1, 0.15) is 0 Å². The highest BCUT2D eigenvalue weighted by atomic mass is 79.9. The van der Waals surface area contributed by atoms with Gasteiger partial charge in [-0.2, -0.15) is 0 Å². The van der Waals surface area contributed by atoms with Crippen LogP contribution in [0.4, 0.5) is 0 Å². The normalized spacial score (nSPS) is 10.4. The fourth-order valence-corrected chi connectivity index (χ4v) is 1.35. The van der Waals surface area contributed by atoms with E-state index >= 15 is 0 Å². The van der Waals surface area contributed by atoms with E-state index in [1.807, 2.05) is 31.2 Å². The molecule has 72 valence electrons. The minimum absolute atomic E-state index is 0.569. The van der Waals surface area contributed by atoms with Crippen LogP contribution in [0.1, 0.15) is 11.5 Å². The lowest BCUT2D eigenvalue weighted by molar-refractivity contribution is 0.529. The van der Waals surface area contributed by atoms with Gasteiger partial charge in [0.15, 0.2) is 0 Å². The van der Waals surface area contributed by atoms with Gasteiger partial charge in [-0.05, 0) is 19.1 Å². The molecule has 0 aliphatic heterocycles. The maximum absolute atomic E-state index is 5.39. The summed E-state index contributed by atoms with van der Waals surface area (Å²) in [5.74, 6) is 1.17. The zero-order chi connectivity index (χ0) is 9.97. The van der Waals surface area contributed by atoms with Gasteiger partial charge in [-0.25, -0.2) is 0 Å². The molecule has 0 aliphatic rings. The molecule has 0 saturated carbocycles. The number of benzene rings is 1. The van der Waals surface area contributed by atoms with E-state index in [0.29, 0.717) is 17.1 Å². The van der Waals surface area contributed by atoms with Crippen LogP contribution in [-0.2, 0) is 5.33 Å². The van der Waals surface area contributed by atoms with Gasteiger partial charge in [-0.3, -0.25) is 0 Å². The predicted molar refractivity (Wildman–Crippen MR) is 57.1 cm³/mol. The van der Waals surface area contributed by atoms with Gasteiger partial charge >= 0.3 is 0 Å². The third-order valence-corrected chi connectivity index (χ3v) is 2.36. The Morgan fingerprint density at radius 2 is 1.93 bits per heavy atom. The Hall–Kier alpha value is -1.16. The van der Waals surface area contributed by atoms with Crippen molar-refractivity contribution in [2.75, 3.05) is 0 Å². The van der Waals surface area contributed by atoms with Crippen LogP contribution in [0, 0.1) is 6.92 Å². The van der Waals surface area contributed by atoms with Gasteiger partial charge in [0.25, 0.3) is 0 Å². The highest BCUT2D eigenvalue weighted by Crippen LogP contribution is 2.18. The molecule has 0 radical (unpaired) electrons. The van der Waals surface area contributed by atoms with Crippen molar-refractivity contribution < 1.29 is 4.42 Å². The highest BCUT2D eigenvalue weighted by molar-refractivity contribution is 9.08. The first kappa shape index (κ1) is 9.40. The van der Waals surface area contributed by atoms with E-state index in [4.69, 9.17) is 4.42 Å². The third-order valence-electron chi connectivity index (χ3n) is 1.88. The molecular formula is C10H9BrN2O. The number of aryl methyl sites for hydroxylation is 1. The van der Waals surface area contributed by atoms with Gasteiger partial charge in [0, 0.05) is 5.56 Å². The van der Waals surface area contributed by atoms with Crippen LogP contribution < -0.4 is 0 Å². The molecule has 0 atom stereocenters. The van der Waals surface area contributed by atoms with E-state index in [9.17, 15) is 0 Å². The van der Waals surface area contributed by atoms with Gasteiger partial charge in [-0.15, -0.1) is 10.2 Å². The summed E-state index contributed by atoms with van der Waals surface area (Å²) in [7, 11) is 0. The minimum Gasteiger partial charge on any atom is -0.420 e. The summed E-state index contributed by atoms with van der Waals surface area (Å²) in [6, 6.07) is 7.99. The van der Waals surface area contributed by atoms with Crippen molar-refractivity contribution in [3.05, 3.63) is 35.7 Å². The van der Waals surface area contributed by atoms with Gasteiger partial charge in [0.05, 0.1) is 5.33 Å². The van der Waals surface area contributed by atoms with Crippen molar-refractivity contribution >= 4 is 15.9 Å². The molecule has 0 spiro atoms. The fraction of sp³-hybridized carbons (Fsp3) is 0.200. The summed E-state index contributed by atoms with van der Waals surface area (Å²) < 4.78 is 5.39. The lowest BCUT2D eigenvalue weighted by Gasteiger charge is -1.94. The molecule has 0 unspecified atom stereocenters.